The zero-order chi connectivity index (χ0) is 12.1. The Morgan fingerprint density at radius 1 is 1.12 bits per heavy atom. The van der Waals surface area contributed by atoms with Crippen molar-refractivity contribution in [3.63, 3.8) is 0 Å². The normalized spacial score (nSPS) is 10.7. The summed E-state index contributed by atoms with van der Waals surface area (Å²) in [6.07, 6.45) is 1.58. The van der Waals surface area contributed by atoms with Crippen molar-refractivity contribution in [2.45, 2.75) is 19.8 Å². The average molecular weight is 235 g/mol. The van der Waals surface area contributed by atoms with E-state index in [4.69, 9.17) is 14.9 Å². The van der Waals surface area contributed by atoms with Gasteiger partial charge in [0.15, 0.2) is 0 Å². The van der Waals surface area contributed by atoms with E-state index >= 15 is 0 Å². The van der Waals surface area contributed by atoms with E-state index < -0.39 is 0 Å². The number of furan rings is 1. The van der Waals surface area contributed by atoms with Crippen LogP contribution in [-0.4, -0.2) is 0 Å². The van der Waals surface area contributed by atoms with E-state index in [2.05, 4.69) is 0 Å². The first-order valence-corrected chi connectivity index (χ1v) is 5.37. The molecule has 0 aliphatic rings. The van der Waals surface area contributed by atoms with Crippen molar-refractivity contribution in [3.05, 3.63) is 59.3 Å². The summed E-state index contributed by atoms with van der Waals surface area (Å²) in [4.78, 5) is 0. The van der Waals surface area contributed by atoms with Crippen molar-refractivity contribution in [2.75, 3.05) is 0 Å². The molecular formula is C13H14FNO2. The number of hydrogen-bond acceptors (Lipinski definition) is 3. The van der Waals surface area contributed by atoms with Gasteiger partial charge in [-0.2, -0.15) is 0 Å². The molecule has 1 heterocycles. The highest BCUT2D eigenvalue weighted by Crippen LogP contribution is 2.14. The molecule has 90 valence electrons. The van der Waals surface area contributed by atoms with E-state index in [0.717, 1.165) is 5.76 Å². The van der Waals surface area contributed by atoms with Crippen LogP contribution >= 0.6 is 0 Å². The minimum Gasteiger partial charge on any atom is -0.467 e. The quantitative estimate of drug-likeness (QED) is 0.866. The molecule has 1 aromatic carbocycles. The van der Waals surface area contributed by atoms with Gasteiger partial charge < -0.3 is 14.9 Å². The molecule has 0 saturated heterocycles. The Hall–Kier alpha value is -1.65. The Bertz CT molecular complexity index is 468. The van der Waals surface area contributed by atoms with Crippen molar-refractivity contribution in [1.82, 2.24) is 0 Å². The molecule has 0 unspecified atom stereocenters. The highest BCUT2D eigenvalue weighted by Gasteiger charge is 2.06. The summed E-state index contributed by atoms with van der Waals surface area (Å²) >= 11 is 0. The van der Waals surface area contributed by atoms with E-state index in [1.54, 1.807) is 30.5 Å². The number of halogens is 1. The molecule has 0 fully saturated rings. The van der Waals surface area contributed by atoms with Gasteiger partial charge in [0.2, 0.25) is 0 Å². The lowest BCUT2D eigenvalue weighted by Crippen LogP contribution is -2.04. The second kappa shape index (κ2) is 5.61. The summed E-state index contributed by atoms with van der Waals surface area (Å²) in [5.41, 5.74) is 6.45. The van der Waals surface area contributed by atoms with Crippen LogP contribution in [0.5, 0.6) is 0 Å². The van der Waals surface area contributed by atoms with Crippen LogP contribution in [0, 0.1) is 5.82 Å². The van der Waals surface area contributed by atoms with E-state index in [-0.39, 0.29) is 19.0 Å². The van der Waals surface area contributed by atoms with Crippen molar-refractivity contribution >= 4 is 0 Å². The van der Waals surface area contributed by atoms with Crippen LogP contribution in [-0.2, 0) is 24.5 Å². The average Bonchev–Trinajstić information content (AvgIpc) is 2.84. The lowest BCUT2D eigenvalue weighted by molar-refractivity contribution is 0.0908. The smallest absolute Gasteiger partial charge is 0.133 e. The number of rotatable bonds is 5. The second-order valence-electron chi connectivity index (χ2n) is 3.67. The van der Waals surface area contributed by atoms with Crippen molar-refractivity contribution in [1.29, 1.82) is 0 Å². The summed E-state index contributed by atoms with van der Waals surface area (Å²) in [7, 11) is 0. The maximum absolute atomic E-state index is 13.8. The predicted molar refractivity (Wildman–Crippen MR) is 61.5 cm³/mol. The first-order valence-electron chi connectivity index (χ1n) is 5.37. The predicted octanol–water partition coefficient (Wildman–Crippen LogP) is 2.59. The fourth-order valence-corrected chi connectivity index (χ4v) is 1.56. The molecule has 4 heteroatoms. The largest absolute Gasteiger partial charge is 0.467 e. The molecule has 1 aromatic heterocycles. The minimum absolute atomic E-state index is 0.192. The third kappa shape index (κ3) is 2.93. The van der Waals surface area contributed by atoms with Gasteiger partial charge in [-0.1, -0.05) is 18.2 Å². The van der Waals surface area contributed by atoms with Gasteiger partial charge in [-0.05, 0) is 12.1 Å². The molecule has 17 heavy (non-hydrogen) atoms. The van der Waals surface area contributed by atoms with Gasteiger partial charge in [-0.15, -0.1) is 0 Å². The Labute approximate surface area is 99.0 Å². The number of hydrogen-bond donors (Lipinski definition) is 1. The van der Waals surface area contributed by atoms with Gasteiger partial charge in [0.05, 0.1) is 12.9 Å². The molecule has 2 aromatic rings. The fourth-order valence-electron chi connectivity index (χ4n) is 1.56. The summed E-state index contributed by atoms with van der Waals surface area (Å²) in [6, 6.07) is 8.74. The van der Waals surface area contributed by atoms with E-state index in [0.29, 0.717) is 17.7 Å². The van der Waals surface area contributed by atoms with Crippen LogP contribution in [0.4, 0.5) is 4.39 Å². The van der Waals surface area contributed by atoms with Crippen LogP contribution in [0.25, 0.3) is 0 Å². The first kappa shape index (κ1) is 11.8. The zero-order valence-electron chi connectivity index (χ0n) is 9.36. The third-order valence-electron chi connectivity index (χ3n) is 2.46. The molecule has 0 amide bonds. The maximum atomic E-state index is 13.8. The molecule has 0 aliphatic heterocycles. The maximum Gasteiger partial charge on any atom is 0.133 e. The molecule has 2 N–H and O–H groups in total. The van der Waals surface area contributed by atoms with Gasteiger partial charge in [0, 0.05) is 17.7 Å². The standard InChI is InChI=1S/C13H14FNO2/c14-13-10(7-15)3-1-4-11(13)8-16-9-12-5-2-6-17-12/h1-6H,7-9,15H2. The van der Waals surface area contributed by atoms with Gasteiger partial charge in [0.1, 0.15) is 18.2 Å². The van der Waals surface area contributed by atoms with E-state index in [1.165, 1.54) is 0 Å². The number of nitrogens with two attached hydrogens (primary N) is 1. The fraction of sp³-hybridized carbons (Fsp3) is 0.231. The Morgan fingerprint density at radius 3 is 2.65 bits per heavy atom. The van der Waals surface area contributed by atoms with Crippen LogP contribution in [0.1, 0.15) is 16.9 Å². The molecule has 2 rings (SSSR count). The molecule has 0 radical (unpaired) electrons. The second-order valence-corrected chi connectivity index (χ2v) is 3.67. The van der Waals surface area contributed by atoms with Crippen LogP contribution in [0.15, 0.2) is 41.0 Å². The highest BCUT2D eigenvalue weighted by atomic mass is 19.1. The molecule has 0 spiro atoms. The molecule has 0 bridgehead atoms. The summed E-state index contributed by atoms with van der Waals surface area (Å²) in [5.74, 6) is 0.440. The van der Waals surface area contributed by atoms with Gasteiger partial charge in [-0.25, -0.2) is 4.39 Å². The summed E-state index contributed by atoms with van der Waals surface area (Å²) < 4.78 is 24.2. The Balaban J connectivity index is 1.95. The lowest BCUT2D eigenvalue weighted by atomic mass is 10.1. The topological polar surface area (TPSA) is 48.4 Å². The summed E-state index contributed by atoms with van der Waals surface area (Å²) in [5, 5.41) is 0. The zero-order valence-corrected chi connectivity index (χ0v) is 9.36. The first-order chi connectivity index (χ1) is 8.31. The van der Waals surface area contributed by atoms with E-state index in [9.17, 15) is 4.39 Å². The van der Waals surface area contributed by atoms with Crippen molar-refractivity contribution < 1.29 is 13.5 Å². The van der Waals surface area contributed by atoms with Gasteiger partial charge in [0.25, 0.3) is 0 Å². The third-order valence-corrected chi connectivity index (χ3v) is 2.46. The Kier molecular flexibility index (Phi) is 3.90. The molecule has 3 nitrogen and oxygen atoms in total. The van der Waals surface area contributed by atoms with Crippen molar-refractivity contribution in [2.24, 2.45) is 5.73 Å². The molecule has 0 aliphatic carbocycles. The minimum atomic E-state index is -0.283. The SMILES string of the molecule is NCc1cccc(COCc2ccco2)c1F. The van der Waals surface area contributed by atoms with Crippen LogP contribution < -0.4 is 5.73 Å². The number of ether oxygens (including phenoxy) is 1. The van der Waals surface area contributed by atoms with E-state index in [1.807, 2.05) is 6.07 Å². The lowest BCUT2D eigenvalue weighted by Gasteiger charge is -2.07. The van der Waals surface area contributed by atoms with Crippen LogP contribution in [0.3, 0.4) is 0 Å². The molecular weight excluding hydrogens is 221 g/mol. The molecule has 0 saturated carbocycles. The van der Waals surface area contributed by atoms with Crippen molar-refractivity contribution in [3.8, 4) is 0 Å². The Morgan fingerprint density at radius 2 is 1.94 bits per heavy atom. The monoisotopic (exact) mass is 235 g/mol. The highest BCUT2D eigenvalue weighted by molar-refractivity contribution is 5.25. The van der Waals surface area contributed by atoms with Crippen LogP contribution in [0.2, 0.25) is 0 Å². The van der Waals surface area contributed by atoms with Gasteiger partial charge in [-0.3, -0.25) is 0 Å². The number of benzene rings is 1. The molecule has 0 atom stereocenters. The summed E-state index contributed by atoms with van der Waals surface area (Å²) in [6.45, 7) is 0.734. The van der Waals surface area contributed by atoms with Gasteiger partial charge >= 0.3 is 0 Å².